The highest BCUT2D eigenvalue weighted by Crippen LogP contribution is 2.30. The van der Waals surface area contributed by atoms with Gasteiger partial charge in [-0.2, -0.15) is 8.61 Å². The molecule has 0 radical (unpaired) electrons. The van der Waals surface area contributed by atoms with E-state index in [0.717, 1.165) is 29.4 Å². The van der Waals surface area contributed by atoms with Gasteiger partial charge in [-0.05, 0) is 60.4 Å². The van der Waals surface area contributed by atoms with Crippen molar-refractivity contribution in [1.82, 2.24) is 18.6 Å². The van der Waals surface area contributed by atoms with Crippen molar-refractivity contribution in [3.8, 4) is 11.1 Å². The molecule has 5 rings (SSSR count). The van der Waals surface area contributed by atoms with Crippen LogP contribution in [0.4, 0.5) is 0 Å². The Hall–Kier alpha value is -3.05. The van der Waals surface area contributed by atoms with E-state index in [4.69, 9.17) is 0 Å². The van der Waals surface area contributed by atoms with Gasteiger partial charge in [-0.25, -0.2) is 21.8 Å². The van der Waals surface area contributed by atoms with Crippen molar-refractivity contribution in [2.45, 2.75) is 29.2 Å². The van der Waals surface area contributed by atoms with E-state index in [9.17, 15) is 16.8 Å². The predicted molar refractivity (Wildman–Crippen MR) is 135 cm³/mol. The topological polar surface area (TPSA) is 103 Å². The third-order valence-corrected chi connectivity index (χ3v) is 10.0. The van der Waals surface area contributed by atoms with Crippen LogP contribution in [0.2, 0.25) is 0 Å². The maximum Gasteiger partial charge on any atom is 0.243 e. The minimum atomic E-state index is -3.63. The molecule has 1 aliphatic heterocycles. The van der Waals surface area contributed by atoms with Crippen molar-refractivity contribution in [3.05, 3.63) is 78.6 Å². The van der Waals surface area contributed by atoms with Gasteiger partial charge in [0.25, 0.3) is 0 Å². The zero-order valence-electron chi connectivity index (χ0n) is 19.3. The zero-order chi connectivity index (χ0) is 24.6. The summed E-state index contributed by atoms with van der Waals surface area (Å²) >= 11 is 0. The number of H-pyrrole nitrogens is 1. The molecule has 35 heavy (non-hydrogen) atoms. The Bertz CT molecular complexity index is 1560. The summed E-state index contributed by atoms with van der Waals surface area (Å²) in [5.74, 6) is 0. The van der Waals surface area contributed by atoms with Gasteiger partial charge in [0.15, 0.2) is 0 Å². The average Bonchev–Trinajstić information content (AvgIpc) is 3.55. The van der Waals surface area contributed by atoms with Gasteiger partial charge in [0.05, 0.1) is 16.3 Å². The van der Waals surface area contributed by atoms with Gasteiger partial charge in [-0.15, -0.1) is 0 Å². The van der Waals surface area contributed by atoms with Crippen molar-refractivity contribution >= 4 is 31.1 Å². The Balaban J connectivity index is 1.42. The molecule has 8 nitrogen and oxygen atoms in total. The number of fused-ring (bicyclic) bond motifs is 1. The average molecular weight is 511 g/mol. The van der Waals surface area contributed by atoms with E-state index in [1.165, 1.54) is 8.61 Å². The van der Waals surface area contributed by atoms with Crippen LogP contribution in [-0.2, 0) is 26.6 Å². The fourth-order valence-corrected chi connectivity index (χ4v) is 7.09. The molecule has 0 unspecified atom stereocenters. The molecule has 1 fully saturated rings. The molecule has 1 aliphatic rings. The number of aromatic amines is 1. The molecule has 3 heterocycles. The molecule has 2 aromatic carbocycles. The summed E-state index contributed by atoms with van der Waals surface area (Å²) in [6.45, 7) is 1.28. The van der Waals surface area contributed by atoms with Gasteiger partial charge in [-0.3, -0.25) is 0 Å². The Morgan fingerprint density at radius 2 is 1.60 bits per heavy atom. The molecule has 4 aromatic rings. The summed E-state index contributed by atoms with van der Waals surface area (Å²) < 4.78 is 54.3. The summed E-state index contributed by atoms with van der Waals surface area (Å²) in [5.41, 5.74) is 3.08. The normalized spacial score (nSPS) is 15.3. The number of nitrogens with zero attached hydrogens (tertiary/aromatic N) is 3. The third-order valence-electron chi connectivity index (χ3n) is 6.30. The molecule has 2 aromatic heterocycles. The fourth-order valence-electron chi connectivity index (χ4n) is 4.40. The largest absolute Gasteiger partial charge is 0.342 e. The summed E-state index contributed by atoms with van der Waals surface area (Å²) in [6, 6.07) is 19.0. The zero-order valence-corrected chi connectivity index (χ0v) is 20.9. The summed E-state index contributed by atoms with van der Waals surface area (Å²) in [6.07, 6.45) is 3.46. The molecule has 0 atom stereocenters. The molecule has 0 saturated carbocycles. The molecular formula is C25H26N4O4S2. The van der Waals surface area contributed by atoms with Crippen LogP contribution in [0.15, 0.2) is 82.7 Å². The second-order valence-electron chi connectivity index (χ2n) is 8.63. The van der Waals surface area contributed by atoms with Gasteiger partial charge in [0, 0.05) is 37.4 Å². The van der Waals surface area contributed by atoms with Crippen molar-refractivity contribution < 1.29 is 16.8 Å². The lowest BCUT2D eigenvalue weighted by atomic mass is 10.0. The van der Waals surface area contributed by atoms with E-state index in [1.807, 2.05) is 12.1 Å². The van der Waals surface area contributed by atoms with Gasteiger partial charge < -0.3 is 4.98 Å². The van der Waals surface area contributed by atoms with Crippen LogP contribution >= 0.6 is 0 Å². The first kappa shape index (κ1) is 23.7. The van der Waals surface area contributed by atoms with Crippen LogP contribution in [0, 0.1) is 0 Å². The second kappa shape index (κ2) is 9.19. The number of sulfonamides is 2. The minimum Gasteiger partial charge on any atom is -0.342 e. The van der Waals surface area contributed by atoms with E-state index >= 15 is 0 Å². The monoisotopic (exact) mass is 510 g/mol. The molecule has 0 aliphatic carbocycles. The predicted octanol–water partition coefficient (Wildman–Crippen LogP) is 3.84. The number of hydrogen-bond donors (Lipinski definition) is 1. The van der Waals surface area contributed by atoms with Gasteiger partial charge >= 0.3 is 0 Å². The van der Waals surface area contributed by atoms with Gasteiger partial charge in [0.2, 0.25) is 20.0 Å². The fraction of sp³-hybridized carbons (Fsp3) is 0.240. The van der Waals surface area contributed by atoms with Crippen molar-refractivity contribution in [2.24, 2.45) is 0 Å². The van der Waals surface area contributed by atoms with E-state index < -0.39 is 20.0 Å². The van der Waals surface area contributed by atoms with E-state index in [1.54, 1.807) is 67.8 Å². The Morgan fingerprint density at radius 3 is 2.29 bits per heavy atom. The van der Waals surface area contributed by atoms with Crippen molar-refractivity contribution in [2.75, 3.05) is 20.1 Å². The molecule has 0 spiro atoms. The number of aromatic nitrogens is 2. The summed E-state index contributed by atoms with van der Waals surface area (Å²) in [4.78, 5) is 8.14. The number of nitrogens with one attached hydrogen (secondary N) is 1. The number of rotatable bonds is 7. The maximum absolute atomic E-state index is 12.9. The number of benzene rings is 2. The second-order valence-corrected chi connectivity index (χ2v) is 12.6. The highest BCUT2D eigenvalue weighted by atomic mass is 32.2. The number of hydrogen-bond acceptors (Lipinski definition) is 5. The molecule has 1 N–H and O–H groups in total. The maximum atomic E-state index is 12.9. The minimum absolute atomic E-state index is 0.153. The Labute approximate surface area is 205 Å². The van der Waals surface area contributed by atoms with Crippen LogP contribution in [0.5, 0.6) is 0 Å². The molecule has 1 saturated heterocycles. The molecule has 10 heteroatoms. The van der Waals surface area contributed by atoms with Crippen LogP contribution in [-0.4, -0.2) is 55.6 Å². The highest BCUT2D eigenvalue weighted by Gasteiger charge is 2.27. The van der Waals surface area contributed by atoms with Gasteiger partial charge in [-0.1, -0.05) is 30.3 Å². The number of pyridine rings is 1. The standard InChI is InChI=1S/C25H26N4O4S2/c1-28(34(30,31)21-7-3-2-4-8-21)18-20-17-24-23(13-14-26-25(24)27-20)19-9-11-22(12-10-19)35(32,33)29-15-5-6-16-29/h2-4,7-14,17H,5-6,15-16,18H2,1H3,(H,26,27). The molecule has 0 bridgehead atoms. The van der Waals surface area contributed by atoms with Crippen molar-refractivity contribution in [1.29, 1.82) is 0 Å². The summed E-state index contributed by atoms with van der Waals surface area (Å²) in [5, 5.41) is 0.836. The first-order valence-corrected chi connectivity index (χ1v) is 14.2. The van der Waals surface area contributed by atoms with Crippen LogP contribution < -0.4 is 0 Å². The van der Waals surface area contributed by atoms with E-state index in [2.05, 4.69) is 9.97 Å². The lowest BCUT2D eigenvalue weighted by Crippen LogP contribution is -2.27. The molecule has 182 valence electrons. The lowest BCUT2D eigenvalue weighted by molar-refractivity contribution is 0.463. The van der Waals surface area contributed by atoms with Crippen LogP contribution in [0.1, 0.15) is 18.5 Å². The molecule has 0 amide bonds. The SMILES string of the molecule is CN(Cc1cc2c(-c3ccc(S(=O)(=O)N4CCCC4)cc3)ccnc2[nH]1)S(=O)(=O)c1ccccc1. The first-order chi connectivity index (χ1) is 16.8. The van der Waals surface area contributed by atoms with E-state index in [0.29, 0.717) is 24.4 Å². The van der Waals surface area contributed by atoms with Crippen LogP contribution in [0.25, 0.3) is 22.2 Å². The first-order valence-electron chi connectivity index (χ1n) is 11.4. The Morgan fingerprint density at radius 1 is 0.914 bits per heavy atom. The molecular weight excluding hydrogens is 484 g/mol. The van der Waals surface area contributed by atoms with Crippen molar-refractivity contribution in [3.63, 3.8) is 0 Å². The highest BCUT2D eigenvalue weighted by molar-refractivity contribution is 7.89. The summed E-state index contributed by atoms with van der Waals surface area (Å²) in [7, 11) is -5.56. The third kappa shape index (κ3) is 4.50. The Kier molecular flexibility index (Phi) is 6.22. The van der Waals surface area contributed by atoms with Gasteiger partial charge in [0.1, 0.15) is 5.65 Å². The smallest absolute Gasteiger partial charge is 0.243 e. The lowest BCUT2D eigenvalue weighted by Gasteiger charge is -2.16. The quantitative estimate of drug-likeness (QED) is 0.407. The van der Waals surface area contributed by atoms with Crippen LogP contribution in [0.3, 0.4) is 0 Å². The van der Waals surface area contributed by atoms with E-state index in [-0.39, 0.29) is 16.3 Å².